The van der Waals surface area contributed by atoms with Crippen LogP contribution in [-0.2, 0) is 14.9 Å². The van der Waals surface area contributed by atoms with Crippen molar-refractivity contribution < 1.29 is 18.9 Å². The third-order valence-corrected chi connectivity index (χ3v) is 4.62. The second-order valence-corrected chi connectivity index (χ2v) is 6.95. The molecule has 27 heavy (non-hydrogen) atoms. The van der Waals surface area contributed by atoms with E-state index in [1.165, 1.54) is 11.1 Å². The summed E-state index contributed by atoms with van der Waals surface area (Å²) in [6.07, 6.45) is 3.52. The van der Waals surface area contributed by atoms with Crippen LogP contribution >= 0.6 is 0 Å². The first kappa shape index (κ1) is 20.8. The normalized spacial score (nSPS) is 12.8. The van der Waals surface area contributed by atoms with Crippen molar-refractivity contribution >= 4 is 0 Å². The highest BCUT2D eigenvalue weighted by Crippen LogP contribution is 2.33. The van der Waals surface area contributed by atoms with Crippen LogP contribution < -0.4 is 9.47 Å². The van der Waals surface area contributed by atoms with Crippen LogP contribution in [0.15, 0.2) is 60.9 Å². The zero-order valence-electron chi connectivity index (χ0n) is 16.9. The van der Waals surface area contributed by atoms with Crippen molar-refractivity contribution in [3.05, 3.63) is 72.0 Å². The van der Waals surface area contributed by atoms with Crippen molar-refractivity contribution in [3.8, 4) is 11.5 Å². The lowest BCUT2D eigenvalue weighted by atomic mass is 9.78. The highest BCUT2D eigenvalue weighted by molar-refractivity contribution is 5.41. The highest BCUT2D eigenvalue weighted by atomic mass is 16.5. The molecular weight excluding hydrogens is 340 g/mol. The van der Waals surface area contributed by atoms with Crippen LogP contribution in [0.2, 0.25) is 0 Å². The molecule has 0 saturated carbocycles. The fourth-order valence-corrected chi connectivity index (χ4v) is 2.66. The van der Waals surface area contributed by atoms with Gasteiger partial charge in [0, 0.05) is 12.5 Å². The van der Waals surface area contributed by atoms with Gasteiger partial charge in [0.25, 0.3) is 0 Å². The Morgan fingerprint density at radius 3 is 1.85 bits per heavy atom. The summed E-state index contributed by atoms with van der Waals surface area (Å²) in [6, 6.07) is 16.5. The van der Waals surface area contributed by atoms with E-state index in [0.717, 1.165) is 11.5 Å². The summed E-state index contributed by atoms with van der Waals surface area (Å²) in [5.41, 5.74) is 2.34. The first-order chi connectivity index (χ1) is 13.0. The second kappa shape index (κ2) is 10.0. The molecule has 4 nitrogen and oxygen atoms in total. The number of ether oxygens (including phenoxy) is 4. The quantitative estimate of drug-likeness (QED) is 0.554. The van der Waals surface area contributed by atoms with Gasteiger partial charge in [0.05, 0.1) is 19.5 Å². The van der Waals surface area contributed by atoms with E-state index in [1.54, 1.807) is 20.5 Å². The van der Waals surface area contributed by atoms with Crippen LogP contribution in [0, 0.1) is 0 Å². The zero-order valence-corrected chi connectivity index (χ0v) is 16.9. The lowest BCUT2D eigenvalue weighted by Crippen LogP contribution is -2.19. The van der Waals surface area contributed by atoms with E-state index in [0.29, 0.717) is 13.2 Å². The molecule has 0 aliphatic heterocycles. The average molecular weight is 370 g/mol. The Morgan fingerprint density at radius 1 is 0.852 bits per heavy atom. The number of hydrogen-bond donors (Lipinski definition) is 0. The monoisotopic (exact) mass is 370 g/mol. The molecule has 0 amide bonds. The molecular formula is C23H30O4. The average Bonchev–Trinajstić information content (AvgIpc) is 2.70. The molecule has 0 aliphatic carbocycles. The van der Waals surface area contributed by atoms with Gasteiger partial charge < -0.3 is 18.9 Å². The summed E-state index contributed by atoms with van der Waals surface area (Å²) < 4.78 is 21.5. The van der Waals surface area contributed by atoms with Crippen LogP contribution in [0.4, 0.5) is 0 Å². The molecule has 0 bridgehead atoms. The summed E-state index contributed by atoms with van der Waals surface area (Å²) in [6.45, 7) is 7.44. The molecule has 0 N–H and O–H groups in total. The second-order valence-electron chi connectivity index (χ2n) is 6.95. The van der Waals surface area contributed by atoms with Gasteiger partial charge in [0.15, 0.2) is 0 Å². The van der Waals surface area contributed by atoms with Gasteiger partial charge in [-0.05, 0) is 48.4 Å². The zero-order chi connectivity index (χ0) is 19.7. The van der Waals surface area contributed by atoms with Crippen LogP contribution in [0.5, 0.6) is 11.5 Å². The Balaban J connectivity index is 2.03. The first-order valence-electron chi connectivity index (χ1n) is 9.14. The maximum absolute atomic E-state index is 5.75. The summed E-state index contributed by atoms with van der Waals surface area (Å²) >= 11 is 0. The predicted octanol–water partition coefficient (Wildman–Crippen LogP) is 4.97. The van der Waals surface area contributed by atoms with Crippen molar-refractivity contribution in [2.45, 2.75) is 32.3 Å². The lowest BCUT2D eigenvalue weighted by molar-refractivity contribution is 0.0716. The molecule has 146 valence electrons. The van der Waals surface area contributed by atoms with E-state index in [-0.39, 0.29) is 11.5 Å². The first-order valence-corrected chi connectivity index (χ1v) is 9.14. The number of methoxy groups -OCH3 is 2. The van der Waals surface area contributed by atoms with Crippen LogP contribution in [0.25, 0.3) is 0 Å². The van der Waals surface area contributed by atoms with Gasteiger partial charge in [0.2, 0.25) is 0 Å². The minimum atomic E-state index is -0.118. The lowest BCUT2D eigenvalue weighted by Gasteiger charge is -2.26. The fourth-order valence-electron chi connectivity index (χ4n) is 2.66. The van der Waals surface area contributed by atoms with Crippen LogP contribution in [0.3, 0.4) is 0 Å². The number of hydrogen-bond acceptors (Lipinski definition) is 4. The Hall–Kier alpha value is -2.46. The van der Waals surface area contributed by atoms with E-state index < -0.39 is 0 Å². The number of benzene rings is 2. The Morgan fingerprint density at radius 2 is 1.37 bits per heavy atom. The molecule has 0 fully saturated rings. The van der Waals surface area contributed by atoms with E-state index in [9.17, 15) is 0 Å². The molecule has 2 rings (SSSR count). The van der Waals surface area contributed by atoms with Crippen LogP contribution in [-0.4, -0.2) is 33.5 Å². The van der Waals surface area contributed by atoms with Crippen molar-refractivity contribution in [1.82, 2.24) is 0 Å². The van der Waals surface area contributed by atoms with E-state index in [1.807, 2.05) is 37.3 Å². The van der Waals surface area contributed by atoms with Gasteiger partial charge >= 0.3 is 0 Å². The summed E-state index contributed by atoms with van der Waals surface area (Å²) in [5, 5.41) is 0. The summed E-state index contributed by atoms with van der Waals surface area (Å²) in [7, 11) is 3.30. The smallest absolute Gasteiger partial charge is 0.119 e. The van der Waals surface area contributed by atoms with Gasteiger partial charge in [-0.3, -0.25) is 0 Å². The molecule has 1 unspecified atom stereocenters. The van der Waals surface area contributed by atoms with Gasteiger partial charge in [-0.1, -0.05) is 38.1 Å². The molecule has 1 atom stereocenters. The van der Waals surface area contributed by atoms with Gasteiger partial charge in [0.1, 0.15) is 24.7 Å². The minimum absolute atomic E-state index is 0.0758. The van der Waals surface area contributed by atoms with Gasteiger partial charge in [-0.15, -0.1) is 0 Å². The molecule has 0 aliphatic rings. The Kier molecular flexibility index (Phi) is 7.74. The number of rotatable bonds is 10. The topological polar surface area (TPSA) is 36.9 Å². The van der Waals surface area contributed by atoms with Crippen molar-refractivity contribution in [3.63, 3.8) is 0 Å². The molecule has 0 radical (unpaired) electrons. The van der Waals surface area contributed by atoms with E-state index in [2.05, 4.69) is 38.1 Å². The van der Waals surface area contributed by atoms with Crippen molar-refractivity contribution in [2.75, 3.05) is 27.4 Å². The molecule has 0 aromatic heterocycles. The Bertz CT molecular complexity index is 702. The van der Waals surface area contributed by atoms with Crippen LogP contribution in [0.1, 0.15) is 31.9 Å². The molecule has 2 aromatic rings. The summed E-state index contributed by atoms with van der Waals surface area (Å²) in [5.74, 6) is 1.69. The van der Waals surface area contributed by atoms with Gasteiger partial charge in [-0.25, -0.2) is 0 Å². The summed E-state index contributed by atoms with van der Waals surface area (Å²) in [4.78, 5) is 0. The maximum atomic E-state index is 5.75. The predicted molar refractivity (Wildman–Crippen MR) is 109 cm³/mol. The molecule has 4 heteroatoms. The highest BCUT2D eigenvalue weighted by Gasteiger charge is 2.23. The molecule has 2 aromatic carbocycles. The maximum Gasteiger partial charge on any atom is 0.119 e. The molecule has 0 heterocycles. The minimum Gasteiger partial charge on any atom is -0.505 e. The molecule has 0 spiro atoms. The third kappa shape index (κ3) is 6.04. The molecule has 0 saturated heterocycles. The Labute approximate surface area is 162 Å². The van der Waals surface area contributed by atoms with E-state index >= 15 is 0 Å². The largest absolute Gasteiger partial charge is 0.505 e. The van der Waals surface area contributed by atoms with Crippen molar-refractivity contribution in [2.24, 2.45) is 0 Å². The standard InChI is InChI=1S/C23H30O4/c1-18(25-5)17-27-22-13-9-20(10-14-22)23(2,3)19-7-11-21(12-8-19)26-16-6-15-24-4/h6-15,18H,16-17H2,1-5H3/b15-6+. The van der Waals surface area contributed by atoms with Crippen molar-refractivity contribution in [1.29, 1.82) is 0 Å². The third-order valence-electron chi connectivity index (χ3n) is 4.62. The van der Waals surface area contributed by atoms with E-state index in [4.69, 9.17) is 18.9 Å². The fraction of sp³-hybridized carbons (Fsp3) is 0.391. The SMILES string of the molecule is CO/C=C/COc1ccc(C(C)(C)c2ccc(OCC(C)OC)cc2)cc1. The van der Waals surface area contributed by atoms with Gasteiger partial charge in [-0.2, -0.15) is 0 Å².